The van der Waals surface area contributed by atoms with E-state index in [1.54, 1.807) is 4.31 Å². The van der Waals surface area contributed by atoms with Gasteiger partial charge in [-0.2, -0.15) is 16.1 Å². The lowest BCUT2D eigenvalue weighted by atomic mass is 10.4. The minimum atomic E-state index is -3.35. The second-order valence-corrected chi connectivity index (χ2v) is 9.36. The van der Waals surface area contributed by atoms with Gasteiger partial charge in [0.1, 0.15) is 4.90 Å². The van der Waals surface area contributed by atoms with Crippen LogP contribution in [0.5, 0.6) is 0 Å². The maximum Gasteiger partial charge on any atom is 0.244 e. The predicted molar refractivity (Wildman–Crippen MR) is 86.1 cm³/mol. The largest absolute Gasteiger partial charge is 0.346 e. The van der Waals surface area contributed by atoms with Gasteiger partial charge in [0.2, 0.25) is 10.0 Å². The zero-order valence-electron chi connectivity index (χ0n) is 12.6. The average molecular weight is 329 g/mol. The number of hydrogen-bond acceptors (Lipinski definition) is 4. The molecule has 7 heteroatoms. The molecule has 0 aromatic carbocycles. The number of rotatable bonds is 5. The Hall–Kier alpha value is -0.500. The van der Waals surface area contributed by atoms with Crippen molar-refractivity contribution in [2.45, 2.75) is 42.5 Å². The van der Waals surface area contributed by atoms with E-state index in [4.69, 9.17) is 0 Å². The molecule has 5 nitrogen and oxygen atoms in total. The summed E-state index contributed by atoms with van der Waals surface area (Å²) in [5.74, 6) is 0.882. The summed E-state index contributed by atoms with van der Waals surface area (Å²) in [6, 6.07) is 2.34. The third-order valence-corrected chi connectivity index (χ3v) is 7.01. The highest BCUT2D eigenvalue weighted by Crippen LogP contribution is 2.38. The highest BCUT2D eigenvalue weighted by Gasteiger charge is 2.32. The van der Waals surface area contributed by atoms with Crippen LogP contribution in [0.2, 0.25) is 0 Å². The van der Waals surface area contributed by atoms with Gasteiger partial charge in [0.25, 0.3) is 0 Å². The van der Waals surface area contributed by atoms with Crippen molar-refractivity contribution in [2.24, 2.45) is 0 Å². The van der Waals surface area contributed by atoms with Crippen LogP contribution in [0.3, 0.4) is 0 Å². The maximum atomic E-state index is 12.8. The van der Waals surface area contributed by atoms with E-state index < -0.39 is 10.0 Å². The first-order valence-electron chi connectivity index (χ1n) is 7.49. The first-order chi connectivity index (χ1) is 10.0. The van der Waals surface area contributed by atoms with Crippen LogP contribution < -0.4 is 5.32 Å². The van der Waals surface area contributed by atoms with E-state index in [-0.39, 0.29) is 0 Å². The average Bonchev–Trinajstić information content (AvgIpc) is 3.20. The van der Waals surface area contributed by atoms with Gasteiger partial charge in [0, 0.05) is 48.6 Å². The van der Waals surface area contributed by atoms with Gasteiger partial charge >= 0.3 is 0 Å². The first kappa shape index (κ1) is 15.4. The standard InChI is InChI=1S/C14H23N3O2S2/c1-11-9-16(5-6-20-11)21(18,19)14-7-13(8-15-2)17(10-14)12-3-4-12/h7,10-12,15H,3-6,8-9H2,1-2H3. The quantitative estimate of drug-likeness (QED) is 0.893. The summed E-state index contributed by atoms with van der Waals surface area (Å²) >= 11 is 1.84. The fourth-order valence-electron chi connectivity index (χ4n) is 2.81. The summed E-state index contributed by atoms with van der Waals surface area (Å²) in [5.41, 5.74) is 1.07. The van der Waals surface area contributed by atoms with Crippen molar-refractivity contribution < 1.29 is 8.42 Å². The maximum absolute atomic E-state index is 12.8. The van der Waals surface area contributed by atoms with Crippen molar-refractivity contribution in [2.75, 3.05) is 25.9 Å². The topological polar surface area (TPSA) is 54.3 Å². The molecule has 0 bridgehead atoms. The Morgan fingerprint density at radius 1 is 1.43 bits per heavy atom. The molecule has 21 heavy (non-hydrogen) atoms. The van der Waals surface area contributed by atoms with Crippen LogP contribution in [0.1, 0.15) is 31.5 Å². The molecule has 1 aromatic rings. The van der Waals surface area contributed by atoms with Gasteiger partial charge in [-0.15, -0.1) is 0 Å². The third kappa shape index (κ3) is 3.16. The molecule has 1 N–H and O–H groups in total. The van der Waals surface area contributed by atoms with E-state index in [2.05, 4.69) is 16.8 Å². The van der Waals surface area contributed by atoms with E-state index in [1.165, 1.54) is 0 Å². The molecule has 1 aromatic heterocycles. The number of aromatic nitrogens is 1. The molecule has 1 aliphatic carbocycles. The molecule has 1 saturated heterocycles. The second kappa shape index (κ2) is 5.95. The molecule has 1 unspecified atom stereocenters. The molecule has 0 radical (unpaired) electrons. The summed E-state index contributed by atoms with van der Waals surface area (Å²) in [4.78, 5) is 0.457. The molecular formula is C14H23N3O2S2. The molecule has 0 spiro atoms. The summed E-state index contributed by atoms with van der Waals surface area (Å²) in [6.45, 7) is 4.03. The highest BCUT2D eigenvalue weighted by atomic mass is 32.2. The molecular weight excluding hydrogens is 306 g/mol. The molecule has 2 heterocycles. The van der Waals surface area contributed by atoms with Crippen molar-refractivity contribution in [1.82, 2.24) is 14.2 Å². The molecule has 2 aliphatic rings. The molecule has 2 fully saturated rings. The minimum Gasteiger partial charge on any atom is -0.346 e. The summed E-state index contributed by atoms with van der Waals surface area (Å²) in [6.07, 6.45) is 4.15. The van der Waals surface area contributed by atoms with Gasteiger partial charge in [-0.3, -0.25) is 0 Å². The van der Waals surface area contributed by atoms with E-state index in [0.29, 0.717) is 35.8 Å². The van der Waals surface area contributed by atoms with Crippen LogP contribution in [0, 0.1) is 0 Å². The van der Waals surface area contributed by atoms with Crippen molar-refractivity contribution in [1.29, 1.82) is 0 Å². The van der Waals surface area contributed by atoms with Gasteiger partial charge < -0.3 is 9.88 Å². The Balaban J connectivity index is 1.89. The predicted octanol–water partition coefficient (Wildman–Crippen LogP) is 1.67. The monoisotopic (exact) mass is 329 g/mol. The lowest BCUT2D eigenvalue weighted by molar-refractivity contribution is 0.424. The number of nitrogens with zero attached hydrogens (tertiary/aromatic N) is 2. The Labute approximate surface area is 131 Å². The van der Waals surface area contributed by atoms with E-state index in [0.717, 1.165) is 24.3 Å². The van der Waals surface area contributed by atoms with Gasteiger partial charge in [-0.1, -0.05) is 6.92 Å². The summed E-state index contributed by atoms with van der Waals surface area (Å²) < 4.78 is 29.4. The second-order valence-electron chi connectivity index (χ2n) is 5.88. The van der Waals surface area contributed by atoms with E-state index in [1.807, 2.05) is 31.1 Å². The van der Waals surface area contributed by atoms with Gasteiger partial charge in [0.05, 0.1) is 0 Å². The van der Waals surface area contributed by atoms with E-state index in [9.17, 15) is 8.42 Å². The number of sulfonamides is 1. The van der Waals surface area contributed by atoms with Crippen molar-refractivity contribution in [3.8, 4) is 0 Å². The fourth-order valence-corrected chi connectivity index (χ4v) is 5.61. The van der Waals surface area contributed by atoms with Crippen LogP contribution in [0.15, 0.2) is 17.2 Å². The van der Waals surface area contributed by atoms with Crippen LogP contribution in [-0.2, 0) is 16.6 Å². The molecule has 0 amide bonds. The summed E-state index contributed by atoms with van der Waals surface area (Å²) in [5, 5.41) is 3.50. The number of nitrogens with one attached hydrogen (secondary N) is 1. The molecule has 1 saturated carbocycles. The lowest BCUT2D eigenvalue weighted by Gasteiger charge is -2.29. The van der Waals surface area contributed by atoms with Crippen LogP contribution in [0.4, 0.5) is 0 Å². The first-order valence-corrected chi connectivity index (χ1v) is 9.98. The Kier molecular flexibility index (Phi) is 4.36. The molecule has 1 atom stereocenters. The van der Waals surface area contributed by atoms with Crippen LogP contribution in [-0.4, -0.2) is 48.4 Å². The smallest absolute Gasteiger partial charge is 0.244 e. The van der Waals surface area contributed by atoms with Crippen molar-refractivity contribution >= 4 is 21.8 Å². The number of thioether (sulfide) groups is 1. The summed E-state index contributed by atoms with van der Waals surface area (Å²) in [7, 11) is -1.46. The van der Waals surface area contributed by atoms with E-state index >= 15 is 0 Å². The van der Waals surface area contributed by atoms with Crippen LogP contribution >= 0.6 is 11.8 Å². The zero-order chi connectivity index (χ0) is 15.0. The molecule has 3 rings (SSSR count). The van der Waals surface area contributed by atoms with Gasteiger partial charge in [0.15, 0.2) is 0 Å². The Morgan fingerprint density at radius 3 is 2.81 bits per heavy atom. The van der Waals surface area contributed by atoms with Gasteiger partial charge in [-0.05, 0) is 26.0 Å². The van der Waals surface area contributed by atoms with Crippen LogP contribution in [0.25, 0.3) is 0 Å². The lowest BCUT2D eigenvalue weighted by Crippen LogP contribution is -2.40. The van der Waals surface area contributed by atoms with Gasteiger partial charge in [-0.25, -0.2) is 8.42 Å². The van der Waals surface area contributed by atoms with Crippen molar-refractivity contribution in [3.05, 3.63) is 18.0 Å². The highest BCUT2D eigenvalue weighted by molar-refractivity contribution is 8.00. The Bertz CT molecular complexity index is 608. The normalized spacial score (nSPS) is 24.4. The fraction of sp³-hybridized carbons (Fsp3) is 0.714. The zero-order valence-corrected chi connectivity index (χ0v) is 14.2. The third-order valence-electron chi connectivity index (χ3n) is 4.05. The molecule has 1 aliphatic heterocycles. The molecule has 118 valence electrons. The SMILES string of the molecule is CNCc1cc(S(=O)(=O)N2CCSC(C)C2)cn1C1CC1. The van der Waals surface area contributed by atoms with Crippen molar-refractivity contribution in [3.63, 3.8) is 0 Å². The Morgan fingerprint density at radius 2 is 2.19 bits per heavy atom. The minimum absolute atomic E-state index is 0.371. The number of hydrogen-bond donors (Lipinski definition) is 1.